The second-order valence-corrected chi connectivity index (χ2v) is 7.07. The third-order valence-corrected chi connectivity index (χ3v) is 3.77. The fourth-order valence-electron chi connectivity index (χ4n) is 2.43. The molecule has 0 bridgehead atoms. The predicted octanol–water partition coefficient (Wildman–Crippen LogP) is 2.16. The zero-order valence-electron chi connectivity index (χ0n) is 13.6. The molecule has 0 radical (unpaired) electrons. The smallest absolute Gasteiger partial charge is 0.410 e. The van der Waals surface area contributed by atoms with Gasteiger partial charge in [0.2, 0.25) is 5.95 Å². The number of aliphatic hydroxyl groups excluding tert-OH is 1. The number of hydrogen-bond acceptors (Lipinski definition) is 6. The van der Waals surface area contributed by atoms with Crippen LogP contribution in [0.2, 0.25) is 5.02 Å². The van der Waals surface area contributed by atoms with Crippen LogP contribution in [0.3, 0.4) is 0 Å². The molecule has 0 aliphatic carbocycles. The lowest BCUT2D eigenvalue weighted by atomic mass is 9.92. The van der Waals surface area contributed by atoms with Crippen LogP contribution in [0.25, 0.3) is 0 Å². The normalized spacial score (nSPS) is 21.9. The zero-order valence-corrected chi connectivity index (χ0v) is 14.4. The van der Waals surface area contributed by atoms with Crippen molar-refractivity contribution in [1.82, 2.24) is 14.9 Å². The topological polar surface area (TPSA) is 87.6 Å². The maximum atomic E-state index is 12.2. The van der Waals surface area contributed by atoms with Crippen LogP contribution in [-0.4, -0.2) is 57.4 Å². The number of carbonyl (C=O) groups is 1. The molecule has 1 aliphatic heterocycles. The number of amides is 1. The van der Waals surface area contributed by atoms with E-state index in [-0.39, 0.29) is 24.7 Å². The monoisotopic (exact) mass is 342 g/mol. The van der Waals surface area contributed by atoms with Crippen molar-refractivity contribution < 1.29 is 14.6 Å². The van der Waals surface area contributed by atoms with Gasteiger partial charge in [-0.05, 0) is 27.2 Å². The van der Waals surface area contributed by atoms with E-state index in [9.17, 15) is 9.90 Å². The number of aliphatic hydroxyl groups is 1. The molecule has 1 amide bonds. The minimum Gasteiger partial charge on any atom is -0.444 e. The van der Waals surface area contributed by atoms with Crippen LogP contribution in [0.15, 0.2) is 12.4 Å². The van der Waals surface area contributed by atoms with Gasteiger partial charge < -0.3 is 20.1 Å². The molecule has 1 fully saturated rings. The van der Waals surface area contributed by atoms with Crippen molar-refractivity contribution in [1.29, 1.82) is 0 Å². The van der Waals surface area contributed by atoms with Crippen LogP contribution in [0.4, 0.5) is 10.7 Å². The first-order valence-corrected chi connectivity index (χ1v) is 7.99. The van der Waals surface area contributed by atoms with Crippen LogP contribution in [0.5, 0.6) is 0 Å². The minimum atomic E-state index is -0.535. The first-order valence-electron chi connectivity index (χ1n) is 7.61. The van der Waals surface area contributed by atoms with Crippen molar-refractivity contribution in [2.24, 2.45) is 5.92 Å². The van der Waals surface area contributed by atoms with Crippen molar-refractivity contribution in [2.75, 3.05) is 25.0 Å². The number of hydrogen-bond donors (Lipinski definition) is 2. The largest absolute Gasteiger partial charge is 0.444 e. The Morgan fingerprint density at radius 2 is 2.13 bits per heavy atom. The number of nitrogens with zero attached hydrogens (tertiary/aromatic N) is 3. The van der Waals surface area contributed by atoms with Gasteiger partial charge in [-0.3, -0.25) is 0 Å². The zero-order chi connectivity index (χ0) is 17.0. The van der Waals surface area contributed by atoms with Gasteiger partial charge in [0.05, 0.1) is 23.5 Å². The number of carbonyl (C=O) groups excluding carboxylic acids is 1. The maximum absolute atomic E-state index is 12.2. The highest BCUT2D eigenvalue weighted by atomic mass is 35.5. The molecule has 1 aromatic rings. The lowest BCUT2D eigenvalue weighted by Crippen LogP contribution is -2.52. The summed E-state index contributed by atoms with van der Waals surface area (Å²) >= 11 is 5.77. The van der Waals surface area contributed by atoms with Crippen molar-refractivity contribution in [3.05, 3.63) is 17.4 Å². The second kappa shape index (κ2) is 7.31. The van der Waals surface area contributed by atoms with Gasteiger partial charge >= 0.3 is 6.09 Å². The van der Waals surface area contributed by atoms with Gasteiger partial charge in [-0.25, -0.2) is 14.8 Å². The summed E-state index contributed by atoms with van der Waals surface area (Å²) in [5.74, 6) is 0.442. The molecule has 2 N–H and O–H groups in total. The summed E-state index contributed by atoms with van der Waals surface area (Å²) in [4.78, 5) is 22.1. The molecular formula is C15H23ClN4O3. The number of likely N-dealkylation sites (tertiary alicyclic amines) is 1. The summed E-state index contributed by atoms with van der Waals surface area (Å²) in [6.07, 6.45) is 3.33. The van der Waals surface area contributed by atoms with Gasteiger partial charge in [-0.2, -0.15) is 0 Å². The number of halogens is 1. The number of rotatable bonds is 3. The summed E-state index contributed by atoms with van der Waals surface area (Å²) in [7, 11) is 0. The molecule has 2 unspecified atom stereocenters. The lowest BCUT2D eigenvalue weighted by Gasteiger charge is -2.38. The molecule has 23 heavy (non-hydrogen) atoms. The molecule has 1 saturated heterocycles. The highest BCUT2D eigenvalue weighted by Gasteiger charge is 2.33. The fraction of sp³-hybridized carbons (Fsp3) is 0.667. The van der Waals surface area contributed by atoms with Gasteiger partial charge in [0.1, 0.15) is 5.60 Å². The van der Waals surface area contributed by atoms with Gasteiger partial charge in [0.25, 0.3) is 0 Å². The van der Waals surface area contributed by atoms with E-state index in [0.717, 1.165) is 0 Å². The second-order valence-electron chi connectivity index (χ2n) is 6.63. The van der Waals surface area contributed by atoms with E-state index in [1.54, 1.807) is 4.90 Å². The quantitative estimate of drug-likeness (QED) is 0.875. The number of piperidine rings is 1. The van der Waals surface area contributed by atoms with Gasteiger partial charge in [-0.1, -0.05) is 11.6 Å². The number of aromatic nitrogens is 2. The van der Waals surface area contributed by atoms with Crippen LogP contribution in [0.1, 0.15) is 27.2 Å². The summed E-state index contributed by atoms with van der Waals surface area (Å²) in [5.41, 5.74) is -0.535. The Morgan fingerprint density at radius 3 is 2.70 bits per heavy atom. The van der Waals surface area contributed by atoms with Crippen molar-refractivity contribution in [3.63, 3.8) is 0 Å². The van der Waals surface area contributed by atoms with E-state index >= 15 is 0 Å². The summed E-state index contributed by atoms with van der Waals surface area (Å²) in [6.45, 7) is 6.52. The molecular weight excluding hydrogens is 320 g/mol. The van der Waals surface area contributed by atoms with E-state index in [1.165, 1.54) is 12.4 Å². The molecule has 2 atom stereocenters. The average Bonchev–Trinajstić information content (AvgIpc) is 2.48. The Labute approximate surface area is 141 Å². The first-order chi connectivity index (χ1) is 10.8. The Hall–Kier alpha value is -1.60. The predicted molar refractivity (Wildman–Crippen MR) is 87.5 cm³/mol. The number of anilines is 1. The number of ether oxygens (including phenoxy) is 1. The minimum absolute atomic E-state index is 0.0213. The maximum Gasteiger partial charge on any atom is 0.410 e. The highest BCUT2D eigenvalue weighted by Crippen LogP contribution is 2.22. The lowest BCUT2D eigenvalue weighted by molar-refractivity contribution is 0.0139. The van der Waals surface area contributed by atoms with E-state index < -0.39 is 5.60 Å². The van der Waals surface area contributed by atoms with Crippen LogP contribution < -0.4 is 5.32 Å². The average molecular weight is 343 g/mol. The molecule has 0 aromatic carbocycles. The first kappa shape index (κ1) is 17.7. The van der Waals surface area contributed by atoms with Crippen molar-refractivity contribution in [2.45, 2.75) is 38.8 Å². The van der Waals surface area contributed by atoms with Crippen molar-refractivity contribution in [3.8, 4) is 0 Å². The fourth-order valence-corrected chi connectivity index (χ4v) is 2.53. The molecule has 128 valence electrons. The standard InChI is InChI=1S/C15H23ClN4O3/c1-15(2,3)23-14(22)20-5-4-10(9-21)12(8-20)19-13-17-6-11(16)7-18-13/h6-7,10,12,21H,4-5,8-9H2,1-3H3,(H,17,18,19). The molecule has 8 heteroatoms. The summed E-state index contributed by atoms with van der Waals surface area (Å²) in [6, 6.07) is -0.151. The summed E-state index contributed by atoms with van der Waals surface area (Å²) in [5, 5.41) is 13.2. The third kappa shape index (κ3) is 5.21. The molecule has 0 spiro atoms. The van der Waals surface area contributed by atoms with E-state index in [1.807, 2.05) is 20.8 Å². The molecule has 1 aliphatic rings. The van der Waals surface area contributed by atoms with Gasteiger partial charge in [0.15, 0.2) is 0 Å². The SMILES string of the molecule is CC(C)(C)OC(=O)N1CCC(CO)C(Nc2ncc(Cl)cn2)C1. The Bertz CT molecular complexity index is 533. The molecule has 7 nitrogen and oxygen atoms in total. The number of nitrogens with one attached hydrogen (secondary N) is 1. The van der Waals surface area contributed by atoms with E-state index in [4.69, 9.17) is 16.3 Å². The molecule has 1 aromatic heterocycles. The Kier molecular flexibility index (Phi) is 5.64. The van der Waals surface area contributed by atoms with Gasteiger partial charge in [-0.15, -0.1) is 0 Å². The van der Waals surface area contributed by atoms with Crippen LogP contribution >= 0.6 is 11.6 Å². The van der Waals surface area contributed by atoms with E-state index in [2.05, 4.69) is 15.3 Å². The molecule has 2 rings (SSSR count). The highest BCUT2D eigenvalue weighted by molar-refractivity contribution is 6.30. The third-order valence-electron chi connectivity index (χ3n) is 3.58. The Balaban J connectivity index is 2.03. The van der Waals surface area contributed by atoms with Gasteiger partial charge in [0, 0.05) is 25.6 Å². The van der Waals surface area contributed by atoms with Crippen LogP contribution in [0, 0.1) is 5.92 Å². The van der Waals surface area contributed by atoms with E-state index in [0.29, 0.717) is 30.5 Å². The Morgan fingerprint density at radius 1 is 1.48 bits per heavy atom. The summed E-state index contributed by atoms with van der Waals surface area (Å²) < 4.78 is 5.41. The van der Waals surface area contributed by atoms with Crippen molar-refractivity contribution >= 4 is 23.6 Å². The molecule has 0 saturated carbocycles. The molecule has 2 heterocycles. The van der Waals surface area contributed by atoms with Crippen LogP contribution in [-0.2, 0) is 4.74 Å².